The summed E-state index contributed by atoms with van der Waals surface area (Å²) in [6, 6.07) is 19.6. The molecule has 4 rings (SSSR count). The van der Waals surface area contributed by atoms with Crippen molar-refractivity contribution >= 4 is 33.4 Å². The van der Waals surface area contributed by atoms with E-state index in [4.69, 9.17) is 28.5 Å². The van der Waals surface area contributed by atoms with E-state index in [1.165, 1.54) is 6.07 Å². The lowest BCUT2D eigenvalue weighted by Crippen LogP contribution is -2.51. The lowest BCUT2D eigenvalue weighted by atomic mass is 9.93. The van der Waals surface area contributed by atoms with Crippen LogP contribution in [0.2, 0.25) is 5.02 Å². The van der Waals surface area contributed by atoms with Crippen LogP contribution in [0, 0.1) is 11.3 Å². The van der Waals surface area contributed by atoms with Gasteiger partial charge in [0.25, 0.3) is 0 Å². The Balaban J connectivity index is 1.62. The maximum Gasteiger partial charge on any atom is 0.241 e. The van der Waals surface area contributed by atoms with Crippen LogP contribution in [0.1, 0.15) is 30.4 Å². The quantitative estimate of drug-likeness (QED) is 0.218. The van der Waals surface area contributed by atoms with Crippen LogP contribution in [0.5, 0.6) is 0 Å². The van der Waals surface area contributed by atoms with Gasteiger partial charge < -0.3 is 16.4 Å². The molecule has 6 N–H and O–H groups in total. The number of piperidine rings is 1. The molecule has 1 amide bonds. The molecule has 1 aliphatic heterocycles. The van der Waals surface area contributed by atoms with Gasteiger partial charge in [0.1, 0.15) is 11.9 Å². The number of likely N-dealkylation sites (tertiary alicyclic amines) is 1. The van der Waals surface area contributed by atoms with E-state index >= 15 is 0 Å². The van der Waals surface area contributed by atoms with E-state index in [1.807, 2.05) is 18.2 Å². The van der Waals surface area contributed by atoms with Crippen molar-refractivity contribution < 1.29 is 13.2 Å². The molecular formula is C29H34ClN5O3S. The number of rotatable bonds is 10. The third-order valence-corrected chi connectivity index (χ3v) is 8.90. The Bertz CT molecular complexity index is 1440. The molecule has 0 spiro atoms. The molecular weight excluding hydrogens is 534 g/mol. The van der Waals surface area contributed by atoms with Crippen molar-refractivity contribution in [2.24, 2.45) is 17.4 Å². The normalized spacial score (nSPS) is 15.2. The average molecular weight is 568 g/mol. The molecule has 0 unspecified atom stereocenters. The van der Waals surface area contributed by atoms with Crippen molar-refractivity contribution in [2.75, 3.05) is 19.6 Å². The van der Waals surface area contributed by atoms with Crippen molar-refractivity contribution in [3.8, 4) is 11.1 Å². The molecule has 0 bridgehead atoms. The summed E-state index contributed by atoms with van der Waals surface area (Å²) in [6.45, 7) is 1.72. The summed E-state index contributed by atoms with van der Waals surface area (Å²) in [5.41, 5.74) is 13.9. The number of sulfonamides is 1. The summed E-state index contributed by atoms with van der Waals surface area (Å²) >= 11 is 6.35. The maximum atomic E-state index is 13.7. The van der Waals surface area contributed by atoms with Gasteiger partial charge in [0, 0.05) is 29.2 Å². The molecule has 0 radical (unpaired) electrons. The van der Waals surface area contributed by atoms with Crippen molar-refractivity contribution in [1.29, 1.82) is 5.41 Å². The first-order valence-corrected chi connectivity index (χ1v) is 14.8. The van der Waals surface area contributed by atoms with E-state index in [2.05, 4.69) is 4.72 Å². The molecule has 3 aromatic rings. The number of halogens is 1. The number of nitrogen functional groups attached to an aromatic ring is 1. The van der Waals surface area contributed by atoms with Gasteiger partial charge in [-0.3, -0.25) is 10.2 Å². The number of nitrogens with zero attached hydrogens (tertiary/aromatic N) is 1. The van der Waals surface area contributed by atoms with Crippen LogP contribution >= 0.6 is 11.6 Å². The molecule has 0 aliphatic carbocycles. The zero-order valence-electron chi connectivity index (χ0n) is 21.6. The minimum absolute atomic E-state index is 0.0388. The van der Waals surface area contributed by atoms with Crippen LogP contribution in [0.25, 0.3) is 11.1 Å². The minimum atomic E-state index is -4.08. The third kappa shape index (κ3) is 7.24. The van der Waals surface area contributed by atoms with Crippen molar-refractivity contribution in [3.63, 3.8) is 0 Å². The molecule has 1 atom stereocenters. The molecule has 1 aliphatic rings. The topological polar surface area (TPSA) is 142 Å². The number of amidine groups is 1. The Labute approximate surface area is 234 Å². The Morgan fingerprint density at radius 2 is 1.77 bits per heavy atom. The Morgan fingerprint density at radius 3 is 2.46 bits per heavy atom. The fourth-order valence-corrected chi connectivity index (χ4v) is 6.44. The number of benzene rings is 3. The minimum Gasteiger partial charge on any atom is -0.384 e. The van der Waals surface area contributed by atoms with Gasteiger partial charge in [-0.05, 0) is 73.5 Å². The van der Waals surface area contributed by atoms with Gasteiger partial charge in [0.05, 0.1) is 4.90 Å². The highest BCUT2D eigenvalue weighted by Gasteiger charge is 2.32. The van der Waals surface area contributed by atoms with Gasteiger partial charge in [-0.2, -0.15) is 4.72 Å². The second-order valence-corrected chi connectivity index (χ2v) is 12.0. The predicted octanol–water partition coefficient (Wildman–Crippen LogP) is 3.77. The standard InChI is InChI=1S/C29H34ClN5O3S/c30-26-10-2-1-9-25(26)22-6-4-8-24(19-22)39(37,38)34-27(18-21-5-3-7-23(17-21)28(32)33)29(36)35-15-12-20(11-14-31)13-16-35/h1-10,17,19-20,27,34H,11-16,18,31H2,(H3,32,33)/t27-/m0/s1. The number of hydrogen-bond donors (Lipinski definition) is 4. The molecule has 0 aromatic heterocycles. The van der Waals surface area contributed by atoms with Gasteiger partial charge in [0.15, 0.2) is 0 Å². The predicted molar refractivity (Wildman–Crippen MR) is 155 cm³/mol. The maximum absolute atomic E-state index is 13.7. The van der Waals surface area contributed by atoms with Crippen LogP contribution in [0.4, 0.5) is 0 Å². The van der Waals surface area contributed by atoms with Gasteiger partial charge in [-0.15, -0.1) is 0 Å². The molecule has 206 valence electrons. The van der Waals surface area contributed by atoms with Crippen LogP contribution < -0.4 is 16.2 Å². The smallest absolute Gasteiger partial charge is 0.241 e. The van der Waals surface area contributed by atoms with Crippen molar-refractivity contribution in [1.82, 2.24) is 9.62 Å². The highest BCUT2D eigenvalue weighted by atomic mass is 35.5. The molecule has 8 nitrogen and oxygen atoms in total. The lowest BCUT2D eigenvalue weighted by Gasteiger charge is -2.34. The van der Waals surface area contributed by atoms with E-state index in [0.29, 0.717) is 52.8 Å². The molecule has 1 heterocycles. The van der Waals surface area contributed by atoms with Crippen molar-refractivity contribution in [3.05, 3.63) is 88.9 Å². The van der Waals surface area contributed by atoms with E-state index in [9.17, 15) is 13.2 Å². The second kappa shape index (κ2) is 12.7. The van der Waals surface area contributed by atoms with Crippen LogP contribution in [-0.4, -0.2) is 50.7 Å². The average Bonchev–Trinajstić information content (AvgIpc) is 2.93. The first-order valence-electron chi connectivity index (χ1n) is 13.0. The summed E-state index contributed by atoms with van der Waals surface area (Å²) in [4.78, 5) is 15.5. The largest absolute Gasteiger partial charge is 0.384 e. The zero-order valence-corrected chi connectivity index (χ0v) is 23.2. The first-order chi connectivity index (χ1) is 18.7. The highest BCUT2D eigenvalue weighted by Crippen LogP contribution is 2.29. The first kappa shape index (κ1) is 28.8. The van der Waals surface area contributed by atoms with Gasteiger partial charge in [0.2, 0.25) is 15.9 Å². The fourth-order valence-electron chi connectivity index (χ4n) is 4.96. The summed E-state index contributed by atoms with van der Waals surface area (Å²) in [5.74, 6) is 0.0907. The zero-order chi connectivity index (χ0) is 28.0. The summed E-state index contributed by atoms with van der Waals surface area (Å²) in [6.07, 6.45) is 2.70. The number of carbonyl (C=O) groups is 1. The number of nitrogens with one attached hydrogen (secondary N) is 2. The van der Waals surface area contributed by atoms with E-state index in [-0.39, 0.29) is 23.1 Å². The Morgan fingerprint density at radius 1 is 1.05 bits per heavy atom. The molecule has 1 saturated heterocycles. The number of nitrogens with two attached hydrogens (primary N) is 2. The van der Waals surface area contributed by atoms with Gasteiger partial charge in [-0.25, -0.2) is 8.42 Å². The molecule has 3 aromatic carbocycles. The second-order valence-electron chi connectivity index (χ2n) is 9.85. The van der Waals surface area contributed by atoms with Crippen molar-refractivity contribution in [2.45, 2.75) is 36.6 Å². The molecule has 1 fully saturated rings. The fraction of sp³-hybridized carbons (Fsp3) is 0.310. The molecule has 10 heteroatoms. The number of amides is 1. The van der Waals surface area contributed by atoms with E-state index < -0.39 is 16.1 Å². The Hall–Kier alpha value is -3.24. The summed E-state index contributed by atoms with van der Waals surface area (Å²) < 4.78 is 29.9. The van der Waals surface area contributed by atoms with Gasteiger partial charge in [-0.1, -0.05) is 60.1 Å². The van der Waals surface area contributed by atoms with Crippen LogP contribution in [-0.2, 0) is 21.2 Å². The summed E-state index contributed by atoms with van der Waals surface area (Å²) in [5, 5.41) is 8.26. The summed E-state index contributed by atoms with van der Waals surface area (Å²) in [7, 11) is -4.08. The lowest BCUT2D eigenvalue weighted by molar-refractivity contribution is -0.134. The number of hydrogen-bond acceptors (Lipinski definition) is 5. The van der Waals surface area contributed by atoms with E-state index in [0.717, 1.165) is 19.3 Å². The van der Waals surface area contributed by atoms with Gasteiger partial charge >= 0.3 is 0 Å². The third-order valence-electron chi connectivity index (χ3n) is 7.10. The highest BCUT2D eigenvalue weighted by molar-refractivity contribution is 7.89. The monoisotopic (exact) mass is 567 g/mol. The van der Waals surface area contributed by atoms with Crippen LogP contribution in [0.15, 0.2) is 77.7 Å². The van der Waals surface area contributed by atoms with E-state index in [1.54, 1.807) is 53.4 Å². The molecule has 0 saturated carbocycles. The molecule has 39 heavy (non-hydrogen) atoms. The Kier molecular flexibility index (Phi) is 9.40. The SMILES string of the molecule is N=C(N)c1cccc(C[C@H](NS(=O)(=O)c2cccc(-c3ccccc3Cl)c2)C(=O)N2CCC(CCN)CC2)c1. The van der Waals surface area contributed by atoms with Crippen LogP contribution in [0.3, 0.4) is 0 Å². The number of carbonyl (C=O) groups excluding carboxylic acids is 1.